The van der Waals surface area contributed by atoms with E-state index in [2.05, 4.69) is 12.2 Å². The highest BCUT2D eigenvalue weighted by molar-refractivity contribution is 5.03. The quantitative estimate of drug-likeness (QED) is 0.645. The molecule has 2 aliphatic rings. The van der Waals surface area contributed by atoms with E-state index in [9.17, 15) is 0 Å². The lowest BCUT2D eigenvalue weighted by molar-refractivity contribution is 0.407. The summed E-state index contributed by atoms with van der Waals surface area (Å²) in [7, 11) is 0. The molecule has 0 saturated heterocycles. The second kappa shape index (κ2) is 3.00. The fourth-order valence-electron chi connectivity index (χ4n) is 1.81. The summed E-state index contributed by atoms with van der Waals surface area (Å²) in [5.74, 6) is 1.89. The third-order valence-electron chi connectivity index (χ3n) is 3.47. The van der Waals surface area contributed by atoms with E-state index in [0.29, 0.717) is 5.54 Å². The molecule has 12 heavy (non-hydrogen) atoms. The van der Waals surface area contributed by atoms with Gasteiger partial charge < -0.3 is 11.1 Å². The average molecular weight is 168 g/mol. The summed E-state index contributed by atoms with van der Waals surface area (Å²) in [6.45, 7) is 4.36. The second-order valence-electron chi connectivity index (χ2n) is 4.68. The number of nitrogens with one attached hydrogen (secondary N) is 1. The molecule has 0 aromatic carbocycles. The zero-order chi connectivity index (χ0) is 8.60. The van der Waals surface area contributed by atoms with Gasteiger partial charge in [-0.3, -0.25) is 0 Å². The summed E-state index contributed by atoms with van der Waals surface area (Å²) >= 11 is 0. The standard InChI is InChI=1S/C10H20N2/c1-8(9-2-3-9)6-12-10(7-11)4-5-10/h8-9,12H,2-7,11H2,1H3. The molecule has 0 bridgehead atoms. The van der Waals surface area contributed by atoms with E-state index in [0.717, 1.165) is 18.4 Å². The highest BCUT2D eigenvalue weighted by Gasteiger charge is 2.41. The molecule has 1 unspecified atom stereocenters. The van der Waals surface area contributed by atoms with E-state index in [1.54, 1.807) is 0 Å². The monoisotopic (exact) mass is 168 g/mol. The molecule has 2 saturated carbocycles. The van der Waals surface area contributed by atoms with Crippen LogP contribution in [-0.2, 0) is 0 Å². The minimum absolute atomic E-state index is 0.364. The van der Waals surface area contributed by atoms with E-state index in [1.165, 1.54) is 32.2 Å². The van der Waals surface area contributed by atoms with Crippen LogP contribution < -0.4 is 11.1 Å². The van der Waals surface area contributed by atoms with Crippen molar-refractivity contribution in [2.45, 2.75) is 38.1 Å². The van der Waals surface area contributed by atoms with Crippen molar-refractivity contribution in [1.29, 1.82) is 0 Å². The Bertz CT molecular complexity index is 159. The van der Waals surface area contributed by atoms with Crippen LogP contribution in [0.4, 0.5) is 0 Å². The van der Waals surface area contributed by atoms with Gasteiger partial charge in [-0.05, 0) is 44.1 Å². The van der Waals surface area contributed by atoms with Gasteiger partial charge in [0, 0.05) is 12.1 Å². The van der Waals surface area contributed by atoms with Gasteiger partial charge in [-0.1, -0.05) is 6.92 Å². The van der Waals surface area contributed by atoms with Gasteiger partial charge in [0.05, 0.1) is 0 Å². The van der Waals surface area contributed by atoms with Crippen molar-refractivity contribution in [3.05, 3.63) is 0 Å². The first-order chi connectivity index (χ1) is 5.76. The Hall–Kier alpha value is -0.0800. The predicted molar refractivity (Wildman–Crippen MR) is 50.9 cm³/mol. The largest absolute Gasteiger partial charge is 0.329 e. The van der Waals surface area contributed by atoms with Crippen LogP contribution in [0.3, 0.4) is 0 Å². The summed E-state index contributed by atoms with van der Waals surface area (Å²) in [6, 6.07) is 0. The van der Waals surface area contributed by atoms with E-state index in [4.69, 9.17) is 5.73 Å². The van der Waals surface area contributed by atoms with Crippen LogP contribution >= 0.6 is 0 Å². The molecule has 70 valence electrons. The van der Waals surface area contributed by atoms with Crippen LogP contribution in [0.15, 0.2) is 0 Å². The van der Waals surface area contributed by atoms with Gasteiger partial charge in [0.15, 0.2) is 0 Å². The van der Waals surface area contributed by atoms with E-state index in [-0.39, 0.29) is 0 Å². The third kappa shape index (κ3) is 1.80. The summed E-state index contributed by atoms with van der Waals surface area (Å²) < 4.78 is 0. The van der Waals surface area contributed by atoms with E-state index in [1.807, 2.05) is 0 Å². The zero-order valence-electron chi connectivity index (χ0n) is 7.97. The molecule has 0 spiro atoms. The predicted octanol–water partition coefficient (Wildman–Crippen LogP) is 1.11. The van der Waals surface area contributed by atoms with Crippen molar-refractivity contribution < 1.29 is 0 Å². The Labute approximate surface area is 74.9 Å². The lowest BCUT2D eigenvalue weighted by atomic mass is 10.1. The minimum Gasteiger partial charge on any atom is -0.329 e. The molecule has 0 aromatic rings. The maximum atomic E-state index is 5.68. The van der Waals surface area contributed by atoms with Crippen molar-refractivity contribution in [1.82, 2.24) is 5.32 Å². The topological polar surface area (TPSA) is 38.0 Å². The molecular weight excluding hydrogens is 148 g/mol. The van der Waals surface area contributed by atoms with Gasteiger partial charge in [-0.15, -0.1) is 0 Å². The van der Waals surface area contributed by atoms with Crippen LogP contribution in [0.5, 0.6) is 0 Å². The Morgan fingerprint density at radius 1 is 1.50 bits per heavy atom. The highest BCUT2D eigenvalue weighted by atomic mass is 15.0. The lowest BCUT2D eigenvalue weighted by Gasteiger charge is -2.18. The molecule has 2 rings (SSSR count). The molecule has 2 fully saturated rings. The third-order valence-corrected chi connectivity index (χ3v) is 3.47. The number of nitrogens with two attached hydrogens (primary N) is 1. The fourth-order valence-corrected chi connectivity index (χ4v) is 1.81. The normalized spacial score (nSPS) is 28.5. The second-order valence-corrected chi connectivity index (χ2v) is 4.68. The van der Waals surface area contributed by atoms with E-state index >= 15 is 0 Å². The Morgan fingerprint density at radius 3 is 2.58 bits per heavy atom. The van der Waals surface area contributed by atoms with Crippen LogP contribution in [-0.4, -0.2) is 18.6 Å². The first kappa shape index (κ1) is 8.52. The van der Waals surface area contributed by atoms with Gasteiger partial charge in [0.25, 0.3) is 0 Å². The van der Waals surface area contributed by atoms with Gasteiger partial charge in [0.2, 0.25) is 0 Å². The maximum absolute atomic E-state index is 5.68. The Kier molecular flexibility index (Phi) is 2.13. The van der Waals surface area contributed by atoms with Crippen LogP contribution in [0, 0.1) is 11.8 Å². The van der Waals surface area contributed by atoms with Gasteiger partial charge in [0.1, 0.15) is 0 Å². The zero-order valence-corrected chi connectivity index (χ0v) is 7.97. The Morgan fingerprint density at radius 2 is 2.17 bits per heavy atom. The number of hydrogen-bond donors (Lipinski definition) is 2. The maximum Gasteiger partial charge on any atom is 0.0305 e. The summed E-state index contributed by atoms with van der Waals surface area (Å²) in [5.41, 5.74) is 6.05. The molecule has 2 nitrogen and oxygen atoms in total. The SMILES string of the molecule is CC(CNC1(CN)CC1)C1CC1. The molecule has 0 aromatic heterocycles. The molecule has 3 N–H and O–H groups in total. The highest BCUT2D eigenvalue weighted by Crippen LogP contribution is 2.38. The first-order valence-electron chi connectivity index (χ1n) is 5.21. The molecule has 0 heterocycles. The average Bonchev–Trinajstić information content (AvgIpc) is 2.94. The molecule has 2 heteroatoms. The van der Waals surface area contributed by atoms with Crippen molar-refractivity contribution in [3.63, 3.8) is 0 Å². The van der Waals surface area contributed by atoms with Crippen LogP contribution in [0.2, 0.25) is 0 Å². The molecule has 0 aliphatic heterocycles. The minimum atomic E-state index is 0.364. The van der Waals surface area contributed by atoms with Crippen LogP contribution in [0.25, 0.3) is 0 Å². The summed E-state index contributed by atoms with van der Waals surface area (Å²) in [5, 5.41) is 3.62. The lowest BCUT2D eigenvalue weighted by Crippen LogP contribution is -2.40. The molecule has 0 radical (unpaired) electrons. The number of hydrogen-bond acceptors (Lipinski definition) is 2. The summed E-state index contributed by atoms with van der Waals surface area (Å²) in [4.78, 5) is 0. The van der Waals surface area contributed by atoms with Gasteiger partial charge >= 0.3 is 0 Å². The molecular formula is C10H20N2. The van der Waals surface area contributed by atoms with Crippen molar-refractivity contribution in [3.8, 4) is 0 Å². The van der Waals surface area contributed by atoms with Crippen LogP contribution in [0.1, 0.15) is 32.6 Å². The van der Waals surface area contributed by atoms with E-state index < -0.39 is 0 Å². The number of rotatable bonds is 5. The fraction of sp³-hybridized carbons (Fsp3) is 1.00. The van der Waals surface area contributed by atoms with Crippen molar-refractivity contribution in [2.75, 3.05) is 13.1 Å². The molecule has 2 aliphatic carbocycles. The smallest absolute Gasteiger partial charge is 0.0305 e. The van der Waals surface area contributed by atoms with Crippen molar-refractivity contribution >= 4 is 0 Å². The van der Waals surface area contributed by atoms with Gasteiger partial charge in [-0.25, -0.2) is 0 Å². The molecule has 0 amide bonds. The Balaban J connectivity index is 1.67. The first-order valence-corrected chi connectivity index (χ1v) is 5.21. The molecule has 1 atom stereocenters. The summed E-state index contributed by atoms with van der Waals surface area (Å²) in [6.07, 6.45) is 5.50. The van der Waals surface area contributed by atoms with Crippen molar-refractivity contribution in [2.24, 2.45) is 17.6 Å². The van der Waals surface area contributed by atoms with Gasteiger partial charge in [-0.2, -0.15) is 0 Å².